The van der Waals surface area contributed by atoms with E-state index in [4.69, 9.17) is 11.6 Å². The Labute approximate surface area is 94.6 Å². The van der Waals surface area contributed by atoms with Gasteiger partial charge in [0.25, 0.3) is 0 Å². The Morgan fingerprint density at radius 1 is 1.47 bits per heavy atom. The highest BCUT2D eigenvalue weighted by atomic mass is 35.5. The molecule has 2 heterocycles. The molecule has 1 saturated heterocycles. The highest BCUT2D eigenvalue weighted by molar-refractivity contribution is 6.29. The molecule has 1 N–H and O–H groups in total. The second kappa shape index (κ2) is 4.77. The zero-order valence-corrected chi connectivity index (χ0v) is 9.54. The summed E-state index contributed by atoms with van der Waals surface area (Å²) in [7, 11) is 2.14. The molecule has 0 saturated carbocycles. The van der Waals surface area contributed by atoms with E-state index in [0.717, 1.165) is 12.4 Å². The molecule has 1 aromatic rings. The first-order valence-electron chi connectivity index (χ1n) is 5.18. The standard InChI is InChI=1S/C10H15ClN4/c1-15-6-2-3-8(7-15)12-10-5-4-9(11)13-14-10/h4-5,8H,2-3,6-7H2,1H3,(H,12,14)/t8-/m0/s1. The summed E-state index contributed by atoms with van der Waals surface area (Å²) in [4.78, 5) is 2.32. The average Bonchev–Trinajstić information content (AvgIpc) is 2.22. The third-order valence-electron chi connectivity index (χ3n) is 2.61. The first-order valence-corrected chi connectivity index (χ1v) is 5.56. The van der Waals surface area contributed by atoms with Crippen molar-refractivity contribution < 1.29 is 0 Å². The van der Waals surface area contributed by atoms with Gasteiger partial charge in [-0.2, -0.15) is 0 Å². The molecule has 0 amide bonds. The van der Waals surface area contributed by atoms with Crippen molar-refractivity contribution in [3.63, 3.8) is 0 Å². The number of nitrogens with zero attached hydrogens (tertiary/aromatic N) is 3. The van der Waals surface area contributed by atoms with Gasteiger partial charge in [0.2, 0.25) is 0 Å². The predicted octanol–water partition coefficient (Wildman–Crippen LogP) is 1.64. The van der Waals surface area contributed by atoms with Gasteiger partial charge in [0, 0.05) is 12.6 Å². The first kappa shape index (κ1) is 10.6. The first-order chi connectivity index (χ1) is 7.24. The van der Waals surface area contributed by atoms with E-state index < -0.39 is 0 Å². The van der Waals surface area contributed by atoms with Gasteiger partial charge in [-0.25, -0.2) is 0 Å². The van der Waals surface area contributed by atoms with Gasteiger partial charge in [-0.1, -0.05) is 11.6 Å². The van der Waals surface area contributed by atoms with E-state index in [-0.39, 0.29) is 0 Å². The number of nitrogens with one attached hydrogen (secondary N) is 1. The van der Waals surface area contributed by atoms with Gasteiger partial charge in [0.05, 0.1) is 0 Å². The maximum absolute atomic E-state index is 5.67. The molecule has 5 heteroatoms. The van der Waals surface area contributed by atoms with Crippen molar-refractivity contribution in [1.82, 2.24) is 15.1 Å². The summed E-state index contributed by atoms with van der Waals surface area (Å²) in [6.45, 7) is 2.24. The van der Waals surface area contributed by atoms with E-state index in [1.807, 2.05) is 6.07 Å². The fourth-order valence-corrected chi connectivity index (χ4v) is 1.99. The van der Waals surface area contributed by atoms with Gasteiger partial charge in [-0.15, -0.1) is 10.2 Å². The van der Waals surface area contributed by atoms with Crippen LogP contribution in [0.25, 0.3) is 0 Å². The third kappa shape index (κ3) is 3.04. The number of anilines is 1. The highest BCUT2D eigenvalue weighted by Gasteiger charge is 2.16. The van der Waals surface area contributed by atoms with Crippen LogP contribution in [-0.2, 0) is 0 Å². The van der Waals surface area contributed by atoms with Crippen molar-refractivity contribution in [1.29, 1.82) is 0 Å². The summed E-state index contributed by atoms with van der Waals surface area (Å²) in [5, 5.41) is 11.6. The lowest BCUT2D eigenvalue weighted by molar-refractivity contribution is 0.260. The van der Waals surface area contributed by atoms with Gasteiger partial charge in [0.1, 0.15) is 5.82 Å². The maximum atomic E-state index is 5.67. The number of likely N-dealkylation sites (tertiary alicyclic amines) is 1. The van der Waals surface area contributed by atoms with Crippen LogP contribution in [0.3, 0.4) is 0 Å². The zero-order chi connectivity index (χ0) is 10.7. The van der Waals surface area contributed by atoms with Gasteiger partial charge >= 0.3 is 0 Å². The van der Waals surface area contributed by atoms with E-state index in [2.05, 4.69) is 27.5 Å². The molecule has 1 aromatic heterocycles. The number of rotatable bonds is 2. The molecule has 4 nitrogen and oxygen atoms in total. The van der Waals surface area contributed by atoms with E-state index in [1.165, 1.54) is 19.4 Å². The summed E-state index contributed by atoms with van der Waals surface area (Å²) < 4.78 is 0. The number of hydrogen-bond acceptors (Lipinski definition) is 4. The molecule has 1 aliphatic heterocycles. The van der Waals surface area contributed by atoms with E-state index in [9.17, 15) is 0 Å². The smallest absolute Gasteiger partial charge is 0.151 e. The molecule has 0 aliphatic carbocycles. The van der Waals surface area contributed by atoms with Crippen LogP contribution in [0.2, 0.25) is 5.15 Å². The minimum absolute atomic E-state index is 0.432. The van der Waals surface area contributed by atoms with Crippen molar-refractivity contribution >= 4 is 17.4 Å². The Kier molecular flexibility index (Phi) is 3.38. The quantitative estimate of drug-likeness (QED) is 0.833. The summed E-state index contributed by atoms with van der Waals surface area (Å²) in [5.74, 6) is 0.805. The fraction of sp³-hybridized carbons (Fsp3) is 0.600. The van der Waals surface area contributed by atoms with Crippen LogP contribution in [-0.4, -0.2) is 41.3 Å². The van der Waals surface area contributed by atoms with Crippen LogP contribution in [0.15, 0.2) is 12.1 Å². The summed E-state index contributed by atoms with van der Waals surface area (Å²) in [6, 6.07) is 4.09. The Morgan fingerprint density at radius 3 is 3.00 bits per heavy atom. The topological polar surface area (TPSA) is 41.0 Å². The van der Waals surface area contributed by atoms with Crippen molar-refractivity contribution in [2.75, 3.05) is 25.5 Å². The maximum Gasteiger partial charge on any atom is 0.151 e. The second-order valence-corrected chi connectivity index (χ2v) is 4.37. The van der Waals surface area contributed by atoms with Crippen LogP contribution in [0.5, 0.6) is 0 Å². The van der Waals surface area contributed by atoms with E-state index in [1.54, 1.807) is 6.07 Å². The summed E-state index contributed by atoms with van der Waals surface area (Å²) in [6.07, 6.45) is 2.42. The van der Waals surface area contributed by atoms with Crippen LogP contribution in [0, 0.1) is 0 Å². The van der Waals surface area contributed by atoms with Crippen LogP contribution in [0.4, 0.5) is 5.82 Å². The lowest BCUT2D eigenvalue weighted by Gasteiger charge is -2.30. The van der Waals surface area contributed by atoms with Gasteiger partial charge in [-0.05, 0) is 38.6 Å². The van der Waals surface area contributed by atoms with Gasteiger partial charge in [-0.3, -0.25) is 0 Å². The van der Waals surface area contributed by atoms with Crippen molar-refractivity contribution in [2.45, 2.75) is 18.9 Å². The molecule has 0 spiro atoms. The molecule has 1 atom stereocenters. The molecular weight excluding hydrogens is 212 g/mol. The lowest BCUT2D eigenvalue weighted by Crippen LogP contribution is -2.39. The van der Waals surface area contributed by atoms with Crippen molar-refractivity contribution in [2.24, 2.45) is 0 Å². The minimum atomic E-state index is 0.432. The van der Waals surface area contributed by atoms with Crippen LogP contribution >= 0.6 is 11.6 Å². The predicted molar refractivity (Wildman–Crippen MR) is 61.2 cm³/mol. The fourth-order valence-electron chi connectivity index (χ4n) is 1.89. The summed E-state index contributed by atoms with van der Waals surface area (Å²) in [5.41, 5.74) is 0. The number of aromatic nitrogens is 2. The molecule has 0 aromatic carbocycles. The number of likely N-dealkylation sites (N-methyl/N-ethyl adjacent to an activating group) is 1. The van der Waals surface area contributed by atoms with Crippen molar-refractivity contribution in [3.05, 3.63) is 17.3 Å². The molecule has 1 aliphatic rings. The Morgan fingerprint density at radius 2 is 2.33 bits per heavy atom. The highest BCUT2D eigenvalue weighted by Crippen LogP contribution is 2.13. The van der Waals surface area contributed by atoms with Crippen LogP contribution in [0.1, 0.15) is 12.8 Å². The van der Waals surface area contributed by atoms with Crippen LogP contribution < -0.4 is 5.32 Å². The molecular formula is C10H15ClN4. The summed E-state index contributed by atoms with van der Waals surface area (Å²) >= 11 is 5.67. The number of hydrogen-bond donors (Lipinski definition) is 1. The molecule has 0 unspecified atom stereocenters. The Hall–Kier alpha value is -0.870. The normalized spacial score (nSPS) is 22.7. The molecule has 0 radical (unpaired) electrons. The zero-order valence-electron chi connectivity index (χ0n) is 8.78. The number of piperidine rings is 1. The Bertz CT molecular complexity index is 314. The molecule has 2 rings (SSSR count). The van der Waals surface area contributed by atoms with Gasteiger partial charge in [0.15, 0.2) is 5.15 Å². The SMILES string of the molecule is CN1CCC[C@H](Nc2ccc(Cl)nn2)C1. The number of halogens is 1. The largest absolute Gasteiger partial charge is 0.365 e. The second-order valence-electron chi connectivity index (χ2n) is 3.99. The molecule has 0 bridgehead atoms. The Balaban J connectivity index is 1.93. The lowest BCUT2D eigenvalue weighted by atomic mass is 10.1. The minimum Gasteiger partial charge on any atom is -0.365 e. The molecule has 1 fully saturated rings. The van der Waals surface area contributed by atoms with Crippen molar-refractivity contribution in [3.8, 4) is 0 Å². The van der Waals surface area contributed by atoms with E-state index in [0.29, 0.717) is 11.2 Å². The monoisotopic (exact) mass is 226 g/mol. The average molecular weight is 227 g/mol. The van der Waals surface area contributed by atoms with Gasteiger partial charge < -0.3 is 10.2 Å². The molecule has 82 valence electrons. The molecule has 15 heavy (non-hydrogen) atoms. The van der Waals surface area contributed by atoms with E-state index >= 15 is 0 Å². The third-order valence-corrected chi connectivity index (χ3v) is 2.81.